The average molecular weight is 273 g/mol. The lowest BCUT2D eigenvalue weighted by atomic mass is 10.2. The third kappa shape index (κ3) is 1.79. The van der Waals surface area contributed by atoms with Gasteiger partial charge in [-0.05, 0) is 28.1 Å². The van der Waals surface area contributed by atoms with Crippen LogP contribution in [0.25, 0.3) is 0 Å². The second-order valence-corrected chi connectivity index (χ2v) is 4.54. The fraction of sp³-hybridized carbons (Fsp3) is 0.300. The van der Waals surface area contributed by atoms with Crippen molar-refractivity contribution in [2.45, 2.75) is 19.6 Å². The molecule has 0 amide bonds. The second kappa shape index (κ2) is 3.13. The topological polar surface area (TPSA) is 55.8 Å². The smallest absolute Gasteiger partial charge is 0.336 e. The second-order valence-electron chi connectivity index (χ2n) is 3.69. The molecule has 0 saturated heterocycles. The first-order valence-corrected chi connectivity index (χ1v) is 5.13. The van der Waals surface area contributed by atoms with Crippen molar-refractivity contribution in [3.8, 4) is 11.5 Å². The van der Waals surface area contributed by atoms with Gasteiger partial charge in [-0.25, -0.2) is 4.79 Å². The minimum absolute atomic E-state index is 0.162. The molecule has 2 rings (SSSR count). The van der Waals surface area contributed by atoms with Crippen molar-refractivity contribution in [1.82, 2.24) is 0 Å². The Balaban J connectivity index is 2.50. The van der Waals surface area contributed by atoms with Crippen LogP contribution in [-0.4, -0.2) is 16.9 Å². The van der Waals surface area contributed by atoms with Gasteiger partial charge in [0.25, 0.3) is 0 Å². The Morgan fingerprint density at radius 2 is 1.87 bits per heavy atom. The van der Waals surface area contributed by atoms with Crippen LogP contribution in [0.5, 0.6) is 11.5 Å². The molecule has 0 aromatic heterocycles. The fourth-order valence-electron chi connectivity index (χ4n) is 1.41. The number of hydrogen-bond donors (Lipinski definition) is 1. The number of benzene rings is 1. The van der Waals surface area contributed by atoms with Crippen LogP contribution in [0.1, 0.15) is 24.2 Å². The van der Waals surface area contributed by atoms with E-state index in [9.17, 15) is 4.79 Å². The maximum atomic E-state index is 10.9. The van der Waals surface area contributed by atoms with Crippen LogP contribution in [0.3, 0.4) is 0 Å². The van der Waals surface area contributed by atoms with E-state index in [1.807, 2.05) is 0 Å². The summed E-state index contributed by atoms with van der Waals surface area (Å²) in [6.45, 7) is 3.53. The van der Waals surface area contributed by atoms with Gasteiger partial charge in [-0.1, -0.05) is 0 Å². The maximum Gasteiger partial charge on any atom is 0.336 e. The molecule has 0 aliphatic carbocycles. The standard InChI is InChI=1S/C10H9BrO4/c1-10(2)14-7-3-5(9(12)13)6(11)4-8(7)15-10/h3-4H,1-2H3,(H,12,13). The van der Waals surface area contributed by atoms with Crippen LogP contribution < -0.4 is 9.47 Å². The zero-order chi connectivity index (χ0) is 11.2. The third-order valence-electron chi connectivity index (χ3n) is 1.98. The Labute approximate surface area is 94.9 Å². The highest BCUT2D eigenvalue weighted by molar-refractivity contribution is 9.10. The number of ether oxygens (including phenoxy) is 2. The molecule has 80 valence electrons. The predicted molar refractivity (Wildman–Crippen MR) is 56.4 cm³/mol. The lowest BCUT2D eigenvalue weighted by molar-refractivity contribution is -0.0431. The number of carboxylic acid groups (broad SMARTS) is 1. The van der Waals surface area contributed by atoms with Gasteiger partial charge in [0, 0.05) is 18.3 Å². The molecule has 1 heterocycles. The SMILES string of the molecule is CC1(C)Oc2cc(Br)c(C(=O)O)cc2O1. The quantitative estimate of drug-likeness (QED) is 0.854. The van der Waals surface area contributed by atoms with Crippen molar-refractivity contribution in [1.29, 1.82) is 0 Å². The molecule has 0 saturated carbocycles. The summed E-state index contributed by atoms with van der Waals surface area (Å²) in [4.78, 5) is 10.9. The summed E-state index contributed by atoms with van der Waals surface area (Å²) >= 11 is 3.17. The number of hydrogen-bond acceptors (Lipinski definition) is 3. The van der Waals surface area contributed by atoms with Crippen molar-refractivity contribution in [3.63, 3.8) is 0 Å². The lowest BCUT2D eigenvalue weighted by Gasteiger charge is -2.16. The van der Waals surface area contributed by atoms with E-state index >= 15 is 0 Å². The van der Waals surface area contributed by atoms with Crippen LogP contribution in [-0.2, 0) is 0 Å². The minimum atomic E-state index is -1.00. The van der Waals surface area contributed by atoms with E-state index in [1.54, 1.807) is 19.9 Å². The molecule has 15 heavy (non-hydrogen) atoms. The van der Waals surface area contributed by atoms with Crippen molar-refractivity contribution < 1.29 is 19.4 Å². The Kier molecular flexibility index (Phi) is 2.15. The summed E-state index contributed by atoms with van der Waals surface area (Å²) in [5.74, 6) is -0.728. The van der Waals surface area contributed by atoms with Crippen molar-refractivity contribution in [2.75, 3.05) is 0 Å². The summed E-state index contributed by atoms with van der Waals surface area (Å²) in [5.41, 5.74) is 0.162. The van der Waals surface area contributed by atoms with Gasteiger partial charge in [0.05, 0.1) is 5.56 Å². The van der Waals surface area contributed by atoms with Gasteiger partial charge < -0.3 is 14.6 Å². The summed E-state index contributed by atoms with van der Waals surface area (Å²) in [5, 5.41) is 8.90. The fourth-order valence-corrected chi connectivity index (χ4v) is 1.90. The number of fused-ring (bicyclic) bond motifs is 1. The largest absolute Gasteiger partial charge is 0.478 e. The van der Waals surface area contributed by atoms with Crippen molar-refractivity contribution in [2.24, 2.45) is 0 Å². The van der Waals surface area contributed by atoms with E-state index in [0.29, 0.717) is 16.0 Å². The summed E-state index contributed by atoms with van der Waals surface area (Å²) in [6, 6.07) is 3.06. The number of halogens is 1. The predicted octanol–water partition coefficient (Wildman–Crippen LogP) is 2.65. The monoisotopic (exact) mass is 272 g/mol. The zero-order valence-corrected chi connectivity index (χ0v) is 9.79. The minimum Gasteiger partial charge on any atom is -0.478 e. The molecule has 5 heteroatoms. The van der Waals surface area contributed by atoms with Crippen LogP contribution in [0.2, 0.25) is 0 Å². The average Bonchev–Trinajstić information content (AvgIpc) is 2.36. The Bertz CT molecular complexity index is 439. The third-order valence-corrected chi connectivity index (χ3v) is 2.63. The van der Waals surface area contributed by atoms with Gasteiger partial charge >= 0.3 is 5.97 Å². The molecular formula is C10H9BrO4. The number of carboxylic acids is 1. The molecule has 1 aromatic rings. The van der Waals surface area contributed by atoms with E-state index in [4.69, 9.17) is 14.6 Å². The molecular weight excluding hydrogens is 264 g/mol. The van der Waals surface area contributed by atoms with Crippen LogP contribution in [0.15, 0.2) is 16.6 Å². The van der Waals surface area contributed by atoms with Gasteiger partial charge in [0.2, 0.25) is 5.79 Å². The highest BCUT2D eigenvalue weighted by Gasteiger charge is 2.33. The number of aromatic carboxylic acids is 1. The molecule has 1 N–H and O–H groups in total. The summed E-state index contributed by atoms with van der Waals surface area (Å²) in [6.07, 6.45) is 0. The van der Waals surface area contributed by atoms with Crippen LogP contribution >= 0.6 is 15.9 Å². The Hall–Kier alpha value is -1.23. The molecule has 0 atom stereocenters. The normalized spacial score (nSPS) is 16.5. The zero-order valence-electron chi connectivity index (χ0n) is 8.20. The molecule has 0 fully saturated rings. The highest BCUT2D eigenvalue weighted by Crippen LogP contribution is 2.42. The van der Waals surface area contributed by atoms with Gasteiger partial charge in [-0.2, -0.15) is 0 Å². The number of carbonyl (C=O) groups is 1. The van der Waals surface area contributed by atoms with Gasteiger partial charge in [-0.15, -0.1) is 0 Å². The van der Waals surface area contributed by atoms with E-state index in [1.165, 1.54) is 6.07 Å². The first-order chi connectivity index (χ1) is 6.89. The van der Waals surface area contributed by atoms with Crippen LogP contribution in [0.4, 0.5) is 0 Å². The van der Waals surface area contributed by atoms with Crippen LogP contribution in [0, 0.1) is 0 Å². The molecule has 0 unspecified atom stereocenters. The van der Waals surface area contributed by atoms with Gasteiger partial charge in [0.15, 0.2) is 11.5 Å². The van der Waals surface area contributed by atoms with Crippen molar-refractivity contribution in [3.05, 3.63) is 22.2 Å². The molecule has 1 aromatic carbocycles. The van der Waals surface area contributed by atoms with E-state index in [0.717, 1.165) is 0 Å². The molecule has 1 aliphatic heterocycles. The summed E-state index contributed by atoms with van der Waals surface area (Å²) in [7, 11) is 0. The first kappa shape index (κ1) is 10.3. The molecule has 4 nitrogen and oxygen atoms in total. The molecule has 0 radical (unpaired) electrons. The van der Waals surface area contributed by atoms with Gasteiger partial charge in [-0.3, -0.25) is 0 Å². The molecule has 1 aliphatic rings. The van der Waals surface area contributed by atoms with Crippen molar-refractivity contribution >= 4 is 21.9 Å². The van der Waals surface area contributed by atoms with E-state index in [2.05, 4.69) is 15.9 Å². The lowest BCUT2D eigenvalue weighted by Crippen LogP contribution is -2.29. The Morgan fingerprint density at radius 1 is 1.33 bits per heavy atom. The molecule has 0 bridgehead atoms. The summed E-state index contributed by atoms with van der Waals surface area (Å²) < 4.78 is 11.4. The molecule has 0 spiro atoms. The Morgan fingerprint density at radius 3 is 2.40 bits per heavy atom. The first-order valence-electron chi connectivity index (χ1n) is 4.34. The van der Waals surface area contributed by atoms with E-state index < -0.39 is 11.8 Å². The van der Waals surface area contributed by atoms with Gasteiger partial charge in [0.1, 0.15) is 0 Å². The highest BCUT2D eigenvalue weighted by atomic mass is 79.9. The number of rotatable bonds is 1. The van der Waals surface area contributed by atoms with E-state index in [-0.39, 0.29) is 5.56 Å². The maximum absolute atomic E-state index is 10.9.